The number of carbonyl (C=O) groups is 1. The lowest BCUT2D eigenvalue weighted by Crippen LogP contribution is -2.49. The van der Waals surface area contributed by atoms with Crippen LogP contribution in [0.1, 0.15) is 30.9 Å². The van der Waals surface area contributed by atoms with Gasteiger partial charge in [0.15, 0.2) is 0 Å². The van der Waals surface area contributed by atoms with Crippen LogP contribution in [0, 0.1) is 0 Å². The molecule has 0 aliphatic carbocycles. The molecule has 2 aromatic rings. The van der Waals surface area contributed by atoms with Gasteiger partial charge in [-0.05, 0) is 13.3 Å². The molecule has 0 bridgehead atoms. The van der Waals surface area contributed by atoms with Crippen molar-refractivity contribution in [2.75, 3.05) is 49.1 Å². The molecule has 0 unspecified atom stereocenters. The summed E-state index contributed by atoms with van der Waals surface area (Å²) in [5.41, 5.74) is -3.61. The summed E-state index contributed by atoms with van der Waals surface area (Å²) < 4.78 is 76.9. The molecule has 1 amide bonds. The highest BCUT2D eigenvalue weighted by Crippen LogP contribution is 2.29. The number of carbonyl (C=O) groups excluding carboxylic acids is 1. The molecule has 35 heavy (non-hydrogen) atoms. The van der Waals surface area contributed by atoms with E-state index >= 15 is 0 Å². The second-order valence-electron chi connectivity index (χ2n) is 7.79. The fourth-order valence-corrected chi connectivity index (χ4v) is 3.57. The molecule has 1 aliphatic rings. The van der Waals surface area contributed by atoms with Crippen molar-refractivity contribution in [2.24, 2.45) is 0 Å². The molecule has 0 spiro atoms. The zero-order chi connectivity index (χ0) is 25.8. The predicted octanol–water partition coefficient (Wildman–Crippen LogP) is 2.55. The molecule has 3 heterocycles. The van der Waals surface area contributed by atoms with E-state index in [1.165, 1.54) is 4.90 Å². The molecule has 0 atom stereocenters. The van der Waals surface area contributed by atoms with Gasteiger partial charge in [0.1, 0.15) is 11.4 Å². The summed E-state index contributed by atoms with van der Waals surface area (Å²) in [7, 11) is 0. The van der Waals surface area contributed by atoms with Gasteiger partial charge in [0.25, 0.3) is 5.56 Å². The fourth-order valence-electron chi connectivity index (χ4n) is 3.57. The van der Waals surface area contributed by atoms with Crippen molar-refractivity contribution in [1.29, 1.82) is 0 Å². The maximum Gasteiger partial charge on any atom is 0.421 e. The topological polar surface area (TPSA) is 98.3 Å². The van der Waals surface area contributed by atoms with Gasteiger partial charge in [0, 0.05) is 64.1 Å². The normalized spacial score (nSPS) is 14.8. The van der Waals surface area contributed by atoms with Crippen LogP contribution < -0.4 is 15.4 Å². The highest BCUT2D eigenvalue weighted by molar-refractivity contribution is 5.76. The van der Waals surface area contributed by atoms with Crippen LogP contribution in [0.2, 0.25) is 0 Å². The Morgan fingerprint density at radius 2 is 1.69 bits per heavy atom. The number of hydrogen-bond donors (Lipinski definition) is 1. The Hall–Kier alpha value is -3.39. The van der Waals surface area contributed by atoms with Gasteiger partial charge < -0.3 is 14.7 Å². The highest BCUT2D eigenvalue weighted by atomic mass is 19.4. The minimum Gasteiger partial charge on any atom is -0.355 e. The minimum atomic E-state index is -4.81. The first-order valence-corrected chi connectivity index (χ1v) is 10.7. The van der Waals surface area contributed by atoms with Gasteiger partial charge in [0.05, 0.1) is 5.56 Å². The van der Waals surface area contributed by atoms with E-state index in [2.05, 4.69) is 15.1 Å². The average molecular weight is 507 g/mol. The van der Waals surface area contributed by atoms with Crippen molar-refractivity contribution < 1.29 is 31.1 Å². The highest BCUT2D eigenvalue weighted by Gasteiger charge is 2.35. The summed E-state index contributed by atoms with van der Waals surface area (Å²) in [6.07, 6.45) is -7.41. The van der Waals surface area contributed by atoms with E-state index in [0.29, 0.717) is 57.6 Å². The number of alkyl halides is 6. The van der Waals surface area contributed by atoms with Gasteiger partial charge in [-0.15, -0.1) is 0 Å². The van der Waals surface area contributed by atoms with Crippen molar-refractivity contribution in [3.63, 3.8) is 0 Å². The van der Waals surface area contributed by atoms with E-state index in [-0.39, 0.29) is 30.6 Å². The zero-order valence-electron chi connectivity index (χ0n) is 18.7. The maximum atomic E-state index is 13.0. The SMILES string of the molecule is CCN(CCCC(=O)N1CCN(c2ncc(C(F)(F)F)cn2)CC1)c1cc(C(F)(F)F)c(=O)[nH]n1. The number of hydrogen-bond acceptors (Lipinski definition) is 7. The summed E-state index contributed by atoms with van der Waals surface area (Å²) in [6, 6.07) is 0.687. The van der Waals surface area contributed by atoms with Gasteiger partial charge in [-0.1, -0.05) is 0 Å². The Morgan fingerprint density at radius 1 is 1.06 bits per heavy atom. The summed E-state index contributed by atoms with van der Waals surface area (Å²) in [6.45, 7) is 3.63. The van der Waals surface area contributed by atoms with Gasteiger partial charge in [-0.3, -0.25) is 9.59 Å². The number of rotatable bonds is 7. The first-order chi connectivity index (χ1) is 16.4. The predicted molar refractivity (Wildman–Crippen MR) is 113 cm³/mol. The number of aromatic nitrogens is 4. The Balaban J connectivity index is 1.49. The first-order valence-electron chi connectivity index (χ1n) is 10.7. The lowest BCUT2D eigenvalue weighted by molar-refractivity contribution is -0.139. The average Bonchev–Trinajstić information content (AvgIpc) is 2.81. The van der Waals surface area contributed by atoms with E-state index in [9.17, 15) is 35.9 Å². The second-order valence-corrected chi connectivity index (χ2v) is 7.79. The summed E-state index contributed by atoms with van der Waals surface area (Å²) in [5, 5.41) is 5.54. The number of H-pyrrole nitrogens is 1. The molecule has 1 N–H and O–H groups in total. The minimum absolute atomic E-state index is 0.0444. The molecule has 9 nitrogen and oxygen atoms in total. The zero-order valence-corrected chi connectivity index (χ0v) is 18.7. The number of halogens is 6. The monoisotopic (exact) mass is 507 g/mol. The number of nitrogens with one attached hydrogen (secondary N) is 1. The first kappa shape index (κ1) is 26.2. The fraction of sp³-hybridized carbons (Fsp3) is 0.550. The number of nitrogens with zero attached hydrogens (tertiary/aromatic N) is 6. The van der Waals surface area contributed by atoms with E-state index in [1.807, 2.05) is 5.10 Å². The standard InChI is InChI=1S/C20H23F6N7O2/c1-2-31(15-10-14(20(24,25)26)17(35)30-29-15)5-3-4-16(34)32-6-8-33(9-7-32)18-27-11-13(12-28-18)19(21,22)23/h10-12H,2-9H2,1H3,(H,30,35). The molecule has 192 valence electrons. The van der Waals surface area contributed by atoms with E-state index < -0.39 is 29.0 Å². The molecule has 3 rings (SSSR count). The summed E-state index contributed by atoms with van der Waals surface area (Å²) in [5.74, 6) is -0.0493. The van der Waals surface area contributed by atoms with E-state index in [4.69, 9.17) is 0 Å². The third-order valence-corrected chi connectivity index (χ3v) is 5.50. The lowest BCUT2D eigenvalue weighted by atomic mass is 10.2. The van der Waals surface area contributed by atoms with Crippen LogP contribution in [-0.2, 0) is 17.1 Å². The third-order valence-electron chi connectivity index (χ3n) is 5.50. The van der Waals surface area contributed by atoms with Crippen molar-refractivity contribution in [3.05, 3.63) is 39.9 Å². The summed E-state index contributed by atoms with van der Waals surface area (Å²) in [4.78, 5) is 36.3. The molecule has 0 radical (unpaired) electrons. The maximum absolute atomic E-state index is 13.0. The van der Waals surface area contributed by atoms with E-state index in [1.54, 1.807) is 16.7 Å². The van der Waals surface area contributed by atoms with Crippen molar-refractivity contribution >= 4 is 17.7 Å². The Bertz CT molecular complexity index is 1060. The third kappa shape index (κ3) is 6.60. The molecule has 1 fully saturated rings. The van der Waals surface area contributed by atoms with Crippen LogP contribution in [0.4, 0.5) is 38.1 Å². The summed E-state index contributed by atoms with van der Waals surface area (Å²) >= 11 is 0. The van der Waals surface area contributed by atoms with Gasteiger partial charge in [0.2, 0.25) is 11.9 Å². The van der Waals surface area contributed by atoms with Crippen LogP contribution in [0.5, 0.6) is 0 Å². The lowest BCUT2D eigenvalue weighted by Gasteiger charge is -2.35. The Kier molecular flexibility index (Phi) is 7.85. The van der Waals surface area contributed by atoms with E-state index in [0.717, 1.165) is 0 Å². The van der Waals surface area contributed by atoms with Crippen LogP contribution >= 0.6 is 0 Å². The van der Waals surface area contributed by atoms with Crippen LogP contribution in [-0.4, -0.2) is 70.2 Å². The molecule has 2 aromatic heterocycles. The van der Waals surface area contributed by atoms with Crippen LogP contribution in [0.3, 0.4) is 0 Å². The van der Waals surface area contributed by atoms with Gasteiger partial charge in [-0.25, -0.2) is 15.1 Å². The van der Waals surface area contributed by atoms with Gasteiger partial charge in [-0.2, -0.15) is 31.4 Å². The largest absolute Gasteiger partial charge is 0.421 e. The van der Waals surface area contributed by atoms with Crippen LogP contribution in [0.25, 0.3) is 0 Å². The van der Waals surface area contributed by atoms with Crippen LogP contribution in [0.15, 0.2) is 23.3 Å². The quantitative estimate of drug-likeness (QED) is 0.576. The molecule has 0 aromatic carbocycles. The van der Waals surface area contributed by atoms with Crippen molar-refractivity contribution in [2.45, 2.75) is 32.1 Å². The second kappa shape index (κ2) is 10.5. The number of aromatic amines is 1. The molecule has 15 heteroatoms. The van der Waals surface area contributed by atoms with Gasteiger partial charge >= 0.3 is 12.4 Å². The van der Waals surface area contributed by atoms with Crippen molar-refractivity contribution in [3.8, 4) is 0 Å². The Morgan fingerprint density at radius 3 is 2.23 bits per heavy atom. The van der Waals surface area contributed by atoms with Crippen molar-refractivity contribution in [1.82, 2.24) is 25.1 Å². The Labute approximate surface area is 195 Å². The number of amides is 1. The molecule has 1 saturated heterocycles. The molecular formula is C20H23F6N7O2. The molecule has 1 aliphatic heterocycles. The molecule has 0 saturated carbocycles. The molecular weight excluding hydrogens is 484 g/mol. The number of piperazine rings is 1. The smallest absolute Gasteiger partial charge is 0.355 e. The number of anilines is 2.